The fourth-order valence-electron chi connectivity index (χ4n) is 1.92. The summed E-state index contributed by atoms with van der Waals surface area (Å²) in [5, 5.41) is 9.03. The van der Waals surface area contributed by atoms with Crippen LogP contribution < -0.4 is 0 Å². The molecule has 22 heavy (non-hydrogen) atoms. The quantitative estimate of drug-likeness (QED) is 0.918. The summed E-state index contributed by atoms with van der Waals surface area (Å²) >= 11 is 6.10. The maximum Gasteiger partial charge on any atom is 0.248 e. The van der Waals surface area contributed by atoms with Crippen molar-refractivity contribution in [2.75, 3.05) is 20.2 Å². The van der Waals surface area contributed by atoms with Crippen LogP contribution in [0.15, 0.2) is 21.4 Å². The van der Waals surface area contributed by atoms with Crippen molar-refractivity contribution in [3.8, 4) is 0 Å². The van der Waals surface area contributed by atoms with E-state index in [1.54, 1.807) is 6.07 Å². The van der Waals surface area contributed by atoms with Crippen molar-refractivity contribution in [3.63, 3.8) is 0 Å². The molecule has 0 unspecified atom stereocenters. The number of aromatic nitrogens is 1. The van der Waals surface area contributed by atoms with Crippen LogP contribution in [0, 0.1) is 0 Å². The zero-order valence-electron chi connectivity index (χ0n) is 12.9. The Bertz CT molecular complexity index is 793. The molecular formula is C14H19ClN2O4S. The molecule has 0 saturated heterocycles. The summed E-state index contributed by atoms with van der Waals surface area (Å²) in [6.45, 7) is 5.45. The van der Waals surface area contributed by atoms with Gasteiger partial charge in [-0.25, -0.2) is 13.4 Å². The largest absolute Gasteiger partial charge is 0.439 e. The number of benzene rings is 1. The lowest BCUT2D eigenvalue weighted by Gasteiger charge is -2.16. The van der Waals surface area contributed by atoms with Gasteiger partial charge in [0.05, 0.1) is 11.6 Å². The molecule has 0 amide bonds. The minimum Gasteiger partial charge on any atom is -0.439 e. The van der Waals surface area contributed by atoms with Crippen LogP contribution in [0.3, 0.4) is 0 Å². The first-order valence-electron chi connectivity index (χ1n) is 6.75. The van der Waals surface area contributed by atoms with E-state index in [1.807, 2.05) is 20.8 Å². The Kier molecular flexibility index (Phi) is 4.54. The number of aliphatic hydroxyl groups excluding tert-OH is 1. The maximum atomic E-state index is 12.7. The molecule has 2 aromatic rings. The number of hydrogen-bond acceptors (Lipinski definition) is 5. The van der Waals surface area contributed by atoms with E-state index in [2.05, 4.69) is 4.98 Å². The van der Waals surface area contributed by atoms with Crippen molar-refractivity contribution < 1.29 is 17.9 Å². The summed E-state index contributed by atoms with van der Waals surface area (Å²) in [6.07, 6.45) is 0. The molecule has 0 spiro atoms. The van der Waals surface area contributed by atoms with Gasteiger partial charge >= 0.3 is 0 Å². The van der Waals surface area contributed by atoms with E-state index in [-0.39, 0.29) is 34.1 Å². The van der Waals surface area contributed by atoms with Gasteiger partial charge in [-0.1, -0.05) is 32.4 Å². The lowest BCUT2D eigenvalue weighted by atomic mass is 9.97. The highest BCUT2D eigenvalue weighted by molar-refractivity contribution is 7.89. The molecule has 6 nitrogen and oxygen atoms in total. The van der Waals surface area contributed by atoms with E-state index in [0.29, 0.717) is 11.4 Å². The monoisotopic (exact) mass is 346 g/mol. The summed E-state index contributed by atoms with van der Waals surface area (Å²) in [5.41, 5.74) is 0.219. The molecule has 0 radical (unpaired) electrons. The molecule has 0 aliphatic heterocycles. The summed E-state index contributed by atoms with van der Waals surface area (Å²) in [7, 11) is -2.51. The molecule has 1 aromatic carbocycles. The Morgan fingerprint density at radius 3 is 2.55 bits per heavy atom. The van der Waals surface area contributed by atoms with Gasteiger partial charge in [0.1, 0.15) is 10.4 Å². The van der Waals surface area contributed by atoms with Crippen LogP contribution in [-0.4, -0.2) is 43.0 Å². The third kappa shape index (κ3) is 2.99. The van der Waals surface area contributed by atoms with Gasteiger partial charge in [-0.3, -0.25) is 0 Å². The van der Waals surface area contributed by atoms with E-state index in [0.717, 1.165) is 4.31 Å². The Hall–Kier alpha value is -1.15. The predicted octanol–water partition coefficient (Wildman–Crippen LogP) is 2.39. The molecule has 0 aliphatic rings. The van der Waals surface area contributed by atoms with Gasteiger partial charge in [-0.05, 0) is 12.1 Å². The number of halogens is 1. The van der Waals surface area contributed by atoms with Crippen molar-refractivity contribution in [2.24, 2.45) is 0 Å². The average Bonchev–Trinajstić information content (AvgIpc) is 2.82. The molecule has 0 aliphatic carbocycles. The highest BCUT2D eigenvalue weighted by Gasteiger charge is 2.30. The fourth-order valence-corrected chi connectivity index (χ4v) is 3.69. The fraction of sp³-hybridized carbons (Fsp3) is 0.500. The van der Waals surface area contributed by atoms with E-state index in [4.69, 9.17) is 21.1 Å². The Morgan fingerprint density at radius 2 is 2.00 bits per heavy atom. The maximum absolute atomic E-state index is 12.7. The molecule has 1 aromatic heterocycles. The van der Waals surface area contributed by atoms with Gasteiger partial charge in [0.2, 0.25) is 15.9 Å². The number of aliphatic hydroxyl groups is 1. The first kappa shape index (κ1) is 17.2. The second kappa shape index (κ2) is 5.81. The smallest absolute Gasteiger partial charge is 0.248 e. The molecule has 0 fully saturated rings. The van der Waals surface area contributed by atoms with Crippen molar-refractivity contribution in [1.82, 2.24) is 9.29 Å². The zero-order valence-corrected chi connectivity index (χ0v) is 14.5. The topological polar surface area (TPSA) is 83.6 Å². The van der Waals surface area contributed by atoms with Crippen LogP contribution in [0.4, 0.5) is 0 Å². The van der Waals surface area contributed by atoms with E-state index >= 15 is 0 Å². The molecule has 0 bridgehead atoms. The number of likely N-dealkylation sites (N-methyl/N-ethyl adjacent to an activating group) is 1. The molecule has 0 atom stereocenters. The van der Waals surface area contributed by atoms with E-state index in [9.17, 15) is 8.42 Å². The standard InChI is InChI=1S/C14H19ClN2O4S/c1-14(2,3)13-16-10-6-5-9(15)12(11(10)21-13)22(19,20)17(4)7-8-18/h5-6,18H,7-8H2,1-4H3. The van der Waals surface area contributed by atoms with Crippen LogP contribution in [0.25, 0.3) is 11.1 Å². The minimum absolute atomic E-state index is 0.0324. The lowest BCUT2D eigenvalue weighted by Crippen LogP contribution is -2.30. The molecule has 122 valence electrons. The average molecular weight is 347 g/mol. The van der Waals surface area contributed by atoms with Crippen molar-refractivity contribution in [2.45, 2.75) is 31.1 Å². The minimum atomic E-state index is -3.88. The van der Waals surface area contributed by atoms with Gasteiger partial charge in [0, 0.05) is 19.0 Å². The van der Waals surface area contributed by atoms with Crippen molar-refractivity contribution in [3.05, 3.63) is 23.0 Å². The Labute approximate surface area is 134 Å². The normalized spacial score (nSPS) is 13.2. The van der Waals surface area contributed by atoms with Gasteiger partial charge in [0.15, 0.2) is 5.58 Å². The third-order valence-corrected chi connectivity index (χ3v) is 5.54. The number of fused-ring (bicyclic) bond motifs is 1. The molecule has 1 heterocycles. The molecule has 8 heteroatoms. The summed E-state index contributed by atoms with van der Waals surface area (Å²) in [5.74, 6) is 0.436. The molecule has 2 rings (SSSR count). The van der Waals surface area contributed by atoms with Crippen LogP contribution in [-0.2, 0) is 15.4 Å². The van der Waals surface area contributed by atoms with Gasteiger partial charge < -0.3 is 9.52 Å². The zero-order chi connectivity index (χ0) is 16.7. The highest BCUT2D eigenvalue weighted by Crippen LogP contribution is 2.35. The second-order valence-electron chi connectivity index (χ2n) is 6.04. The SMILES string of the molecule is CN(CCO)S(=O)(=O)c1c(Cl)ccc2nc(C(C)(C)C)oc12. The third-order valence-electron chi connectivity index (χ3n) is 3.19. The first-order valence-corrected chi connectivity index (χ1v) is 8.57. The summed E-state index contributed by atoms with van der Waals surface area (Å²) in [6, 6.07) is 3.11. The first-order chi connectivity index (χ1) is 10.1. The van der Waals surface area contributed by atoms with Crippen LogP contribution in [0.5, 0.6) is 0 Å². The number of oxazole rings is 1. The van der Waals surface area contributed by atoms with Gasteiger partial charge in [0.25, 0.3) is 0 Å². The summed E-state index contributed by atoms with van der Waals surface area (Å²) < 4.78 is 32.0. The second-order valence-corrected chi connectivity index (χ2v) is 8.43. The lowest BCUT2D eigenvalue weighted by molar-refractivity contribution is 0.266. The number of nitrogens with zero attached hydrogens (tertiary/aromatic N) is 2. The molecule has 1 N–H and O–H groups in total. The number of sulfonamides is 1. The van der Waals surface area contributed by atoms with Gasteiger partial charge in [-0.2, -0.15) is 4.31 Å². The summed E-state index contributed by atoms with van der Waals surface area (Å²) in [4.78, 5) is 4.23. The van der Waals surface area contributed by atoms with E-state index in [1.165, 1.54) is 13.1 Å². The number of rotatable bonds is 4. The number of hydrogen-bond donors (Lipinski definition) is 1. The molecule has 0 saturated carbocycles. The molecular weight excluding hydrogens is 328 g/mol. The van der Waals surface area contributed by atoms with Gasteiger partial charge in [-0.15, -0.1) is 0 Å². The highest BCUT2D eigenvalue weighted by atomic mass is 35.5. The van der Waals surface area contributed by atoms with Crippen molar-refractivity contribution in [1.29, 1.82) is 0 Å². The van der Waals surface area contributed by atoms with Crippen molar-refractivity contribution >= 4 is 32.7 Å². The van der Waals surface area contributed by atoms with Crippen LogP contribution in [0.2, 0.25) is 5.02 Å². The van der Waals surface area contributed by atoms with Crippen LogP contribution >= 0.6 is 11.6 Å². The Balaban J connectivity index is 2.73. The Morgan fingerprint density at radius 1 is 1.36 bits per heavy atom. The van der Waals surface area contributed by atoms with Crippen LogP contribution in [0.1, 0.15) is 26.7 Å². The predicted molar refractivity (Wildman–Crippen MR) is 84.6 cm³/mol. The van der Waals surface area contributed by atoms with E-state index < -0.39 is 10.0 Å².